The van der Waals surface area contributed by atoms with Gasteiger partial charge in [0.15, 0.2) is 0 Å². The average Bonchev–Trinajstić information content (AvgIpc) is 2.52. The van der Waals surface area contributed by atoms with E-state index < -0.39 is 24.5 Å². The molecule has 5 nitrogen and oxygen atoms in total. The van der Waals surface area contributed by atoms with Gasteiger partial charge in [0.25, 0.3) is 0 Å². The third kappa shape index (κ3) is 5.43. The molecule has 1 aliphatic heterocycles. The highest BCUT2D eigenvalue weighted by Crippen LogP contribution is 2.20. The van der Waals surface area contributed by atoms with Crippen LogP contribution in [-0.4, -0.2) is 42.6 Å². The summed E-state index contributed by atoms with van der Waals surface area (Å²) in [7, 11) is 0. The minimum absolute atomic E-state index is 0.269. The van der Waals surface area contributed by atoms with E-state index in [0.29, 0.717) is 31.6 Å². The molecule has 1 aliphatic rings. The van der Waals surface area contributed by atoms with Crippen molar-refractivity contribution < 1.29 is 22.8 Å². The van der Waals surface area contributed by atoms with Crippen LogP contribution in [0.4, 0.5) is 23.7 Å². The van der Waals surface area contributed by atoms with E-state index in [2.05, 4.69) is 5.32 Å². The molecule has 0 aliphatic carbocycles. The number of piperidine rings is 1. The van der Waals surface area contributed by atoms with Gasteiger partial charge in [0.2, 0.25) is 5.91 Å². The molecule has 0 spiro atoms. The van der Waals surface area contributed by atoms with E-state index in [1.165, 1.54) is 0 Å². The van der Waals surface area contributed by atoms with Gasteiger partial charge in [-0.05, 0) is 37.5 Å². The molecule has 1 aromatic rings. The van der Waals surface area contributed by atoms with Crippen LogP contribution in [-0.2, 0) is 4.79 Å². The Morgan fingerprint density at radius 2 is 1.92 bits per heavy atom. The Balaban J connectivity index is 1.79. The fraction of sp³-hybridized carbons (Fsp3) is 0.500. The van der Waals surface area contributed by atoms with Crippen molar-refractivity contribution >= 4 is 17.6 Å². The molecule has 0 bridgehead atoms. The minimum Gasteiger partial charge on any atom is -0.347 e. The fourth-order valence-corrected chi connectivity index (χ4v) is 2.60. The van der Waals surface area contributed by atoms with Gasteiger partial charge in [0.05, 0.1) is 0 Å². The fourth-order valence-electron chi connectivity index (χ4n) is 2.60. The summed E-state index contributed by atoms with van der Waals surface area (Å²) in [5, 5.41) is 4.68. The molecule has 24 heavy (non-hydrogen) atoms. The lowest BCUT2D eigenvalue weighted by Gasteiger charge is -2.31. The molecule has 1 fully saturated rings. The molecule has 1 heterocycles. The summed E-state index contributed by atoms with van der Waals surface area (Å²) < 4.78 is 36.3. The van der Waals surface area contributed by atoms with Crippen molar-refractivity contribution in [3.63, 3.8) is 0 Å². The number of alkyl halides is 3. The first kappa shape index (κ1) is 18.1. The predicted octanol–water partition coefficient (Wildman–Crippen LogP) is 2.92. The van der Waals surface area contributed by atoms with Crippen LogP contribution < -0.4 is 10.6 Å². The first-order valence-electron chi connectivity index (χ1n) is 7.71. The Morgan fingerprint density at radius 1 is 1.25 bits per heavy atom. The zero-order chi connectivity index (χ0) is 17.7. The molecule has 0 radical (unpaired) electrons. The van der Waals surface area contributed by atoms with Crippen molar-refractivity contribution in [2.75, 3.05) is 25.0 Å². The number of benzene rings is 1. The van der Waals surface area contributed by atoms with E-state index in [1.54, 1.807) is 11.0 Å². The summed E-state index contributed by atoms with van der Waals surface area (Å²) in [4.78, 5) is 25.5. The third-order valence-corrected chi connectivity index (χ3v) is 3.89. The van der Waals surface area contributed by atoms with Crippen molar-refractivity contribution in [1.29, 1.82) is 0 Å². The molecule has 0 unspecified atom stereocenters. The molecule has 1 saturated heterocycles. The molecule has 0 aromatic heterocycles. The van der Waals surface area contributed by atoms with Gasteiger partial charge in [-0.3, -0.25) is 4.79 Å². The van der Waals surface area contributed by atoms with Crippen LogP contribution in [0.1, 0.15) is 18.4 Å². The molecule has 0 saturated carbocycles. The number of carbonyl (C=O) groups is 2. The number of rotatable bonds is 3. The number of amides is 3. The Kier molecular flexibility index (Phi) is 5.69. The van der Waals surface area contributed by atoms with E-state index in [0.717, 1.165) is 5.56 Å². The monoisotopic (exact) mass is 343 g/mol. The third-order valence-electron chi connectivity index (χ3n) is 3.89. The van der Waals surface area contributed by atoms with Crippen LogP contribution in [0.5, 0.6) is 0 Å². The lowest BCUT2D eigenvalue weighted by Crippen LogP contribution is -2.45. The van der Waals surface area contributed by atoms with Gasteiger partial charge in [0, 0.05) is 24.7 Å². The Morgan fingerprint density at radius 3 is 2.50 bits per heavy atom. The predicted molar refractivity (Wildman–Crippen MR) is 83.6 cm³/mol. The maximum absolute atomic E-state index is 12.2. The highest BCUT2D eigenvalue weighted by molar-refractivity contribution is 5.89. The molecule has 2 rings (SSSR count). The second-order valence-corrected chi connectivity index (χ2v) is 5.89. The number of likely N-dealkylation sites (tertiary alicyclic amines) is 1. The Labute approximate surface area is 138 Å². The first-order valence-corrected chi connectivity index (χ1v) is 7.71. The second-order valence-electron chi connectivity index (χ2n) is 5.89. The number of halogens is 3. The van der Waals surface area contributed by atoms with E-state index in [1.807, 2.05) is 30.4 Å². The minimum atomic E-state index is -4.41. The molecular formula is C16H20F3N3O2. The molecule has 0 atom stereocenters. The van der Waals surface area contributed by atoms with Gasteiger partial charge in [-0.15, -0.1) is 0 Å². The van der Waals surface area contributed by atoms with Gasteiger partial charge < -0.3 is 15.5 Å². The zero-order valence-electron chi connectivity index (χ0n) is 13.3. The zero-order valence-corrected chi connectivity index (χ0v) is 13.3. The van der Waals surface area contributed by atoms with Crippen LogP contribution in [0.3, 0.4) is 0 Å². The molecule has 2 N–H and O–H groups in total. The molecule has 132 valence electrons. The maximum Gasteiger partial charge on any atom is 0.405 e. The summed E-state index contributed by atoms with van der Waals surface area (Å²) in [6, 6.07) is 7.11. The standard InChI is InChI=1S/C16H20F3N3O2/c1-11-3-2-4-13(9-11)21-15(24)22-7-5-12(6-8-22)14(23)20-10-16(17,18)19/h2-4,9,12H,5-8,10H2,1H3,(H,20,23)(H,21,24). The Hall–Kier alpha value is -2.25. The summed E-state index contributed by atoms with van der Waals surface area (Å²) >= 11 is 0. The number of hydrogen-bond donors (Lipinski definition) is 2. The van der Waals surface area contributed by atoms with E-state index in [9.17, 15) is 22.8 Å². The van der Waals surface area contributed by atoms with Gasteiger partial charge in [0.1, 0.15) is 6.54 Å². The van der Waals surface area contributed by atoms with Crippen molar-refractivity contribution in [2.45, 2.75) is 25.9 Å². The number of anilines is 1. The SMILES string of the molecule is Cc1cccc(NC(=O)N2CCC(C(=O)NCC(F)(F)F)CC2)c1. The molecular weight excluding hydrogens is 323 g/mol. The van der Waals surface area contributed by atoms with Gasteiger partial charge in [-0.1, -0.05) is 12.1 Å². The van der Waals surface area contributed by atoms with Crippen molar-refractivity contribution in [1.82, 2.24) is 10.2 Å². The quantitative estimate of drug-likeness (QED) is 0.886. The molecule has 3 amide bonds. The number of aryl methyl sites for hydroxylation is 1. The van der Waals surface area contributed by atoms with Crippen molar-refractivity contribution in [3.05, 3.63) is 29.8 Å². The second kappa shape index (κ2) is 7.55. The Bertz CT molecular complexity index is 596. The number of urea groups is 1. The lowest BCUT2D eigenvalue weighted by molar-refractivity contribution is -0.141. The summed E-state index contributed by atoms with van der Waals surface area (Å²) in [5.74, 6) is -1.10. The smallest absolute Gasteiger partial charge is 0.347 e. The summed E-state index contributed by atoms with van der Waals surface area (Å²) in [5.41, 5.74) is 1.71. The highest BCUT2D eigenvalue weighted by Gasteiger charge is 2.31. The van der Waals surface area contributed by atoms with E-state index >= 15 is 0 Å². The van der Waals surface area contributed by atoms with Crippen LogP contribution in [0, 0.1) is 12.8 Å². The number of carbonyl (C=O) groups excluding carboxylic acids is 2. The van der Waals surface area contributed by atoms with Gasteiger partial charge >= 0.3 is 12.2 Å². The first-order chi connectivity index (χ1) is 11.2. The largest absolute Gasteiger partial charge is 0.405 e. The normalized spacial score (nSPS) is 15.9. The summed E-state index contributed by atoms with van der Waals surface area (Å²) in [6.07, 6.45) is -3.71. The average molecular weight is 343 g/mol. The van der Waals surface area contributed by atoms with Gasteiger partial charge in [-0.25, -0.2) is 4.79 Å². The van der Waals surface area contributed by atoms with E-state index in [4.69, 9.17) is 0 Å². The van der Waals surface area contributed by atoms with Crippen molar-refractivity contribution in [3.8, 4) is 0 Å². The van der Waals surface area contributed by atoms with Crippen LogP contribution >= 0.6 is 0 Å². The molecule has 8 heteroatoms. The van der Waals surface area contributed by atoms with Crippen LogP contribution in [0.25, 0.3) is 0 Å². The topological polar surface area (TPSA) is 61.4 Å². The number of nitrogens with zero attached hydrogens (tertiary/aromatic N) is 1. The van der Waals surface area contributed by atoms with Crippen LogP contribution in [0.2, 0.25) is 0 Å². The summed E-state index contributed by atoms with van der Waals surface area (Å²) in [6.45, 7) is 1.27. The van der Waals surface area contributed by atoms with Crippen molar-refractivity contribution in [2.24, 2.45) is 5.92 Å². The van der Waals surface area contributed by atoms with Gasteiger partial charge in [-0.2, -0.15) is 13.2 Å². The lowest BCUT2D eigenvalue weighted by atomic mass is 9.96. The molecule has 1 aromatic carbocycles. The maximum atomic E-state index is 12.2. The van der Waals surface area contributed by atoms with Crippen LogP contribution in [0.15, 0.2) is 24.3 Å². The number of hydrogen-bond acceptors (Lipinski definition) is 2. The number of nitrogens with one attached hydrogen (secondary N) is 2. The highest BCUT2D eigenvalue weighted by atomic mass is 19.4. The van der Waals surface area contributed by atoms with E-state index in [-0.39, 0.29) is 6.03 Å².